The molecule has 0 aliphatic heterocycles. The molecule has 2 aromatic rings. The maximum Gasteiger partial charge on any atom is 0.433 e. The molecule has 9 heteroatoms. The van der Waals surface area contributed by atoms with E-state index in [1.165, 1.54) is 51.4 Å². The smallest absolute Gasteiger partial charge is 0.433 e. The van der Waals surface area contributed by atoms with E-state index in [0.29, 0.717) is 23.2 Å². The van der Waals surface area contributed by atoms with Crippen LogP contribution < -0.4 is 11.1 Å². The van der Waals surface area contributed by atoms with Gasteiger partial charge in [-0.05, 0) is 42.6 Å². The monoisotopic (exact) mass is 497 g/mol. The first-order valence-corrected chi connectivity index (χ1v) is 13.2. The van der Waals surface area contributed by atoms with Crippen molar-refractivity contribution < 1.29 is 9.90 Å². The fourth-order valence-electron chi connectivity index (χ4n) is 4.66. The Bertz CT molecular complexity index is 1120. The SMILES string of the molecule is C=C(c1nc2nc(/C(N)=N/C(=O)O)nc(N[C@H](C)C3CCC3)c2n1C)C(C)(C)C.CC1CCCCC1. The number of fused-ring (bicyclic) bond motifs is 1. The number of amidine groups is 1. The Morgan fingerprint density at radius 2 is 1.78 bits per heavy atom. The number of imidazole rings is 1. The number of rotatable bonds is 5. The largest absolute Gasteiger partial charge is 0.463 e. The lowest BCUT2D eigenvalue weighted by molar-refractivity contribution is 0.205. The average molecular weight is 498 g/mol. The Kier molecular flexibility index (Phi) is 8.74. The van der Waals surface area contributed by atoms with E-state index in [9.17, 15) is 4.79 Å². The van der Waals surface area contributed by atoms with Gasteiger partial charge in [-0.3, -0.25) is 0 Å². The van der Waals surface area contributed by atoms with E-state index in [4.69, 9.17) is 10.8 Å². The number of carbonyl (C=O) groups is 1. The van der Waals surface area contributed by atoms with Crippen molar-refractivity contribution in [3.05, 3.63) is 18.2 Å². The molecule has 4 N–H and O–H groups in total. The minimum Gasteiger partial charge on any atom is -0.463 e. The summed E-state index contributed by atoms with van der Waals surface area (Å²) < 4.78 is 1.92. The van der Waals surface area contributed by atoms with Crippen LogP contribution in [0.15, 0.2) is 11.6 Å². The van der Waals surface area contributed by atoms with Crippen LogP contribution in [0.2, 0.25) is 0 Å². The molecule has 0 unspecified atom stereocenters. The second-order valence-corrected chi connectivity index (χ2v) is 11.4. The molecule has 2 aromatic heterocycles. The molecule has 9 nitrogen and oxygen atoms in total. The molecule has 2 aliphatic carbocycles. The Morgan fingerprint density at radius 3 is 2.25 bits per heavy atom. The van der Waals surface area contributed by atoms with Gasteiger partial charge >= 0.3 is 6.09 Å². The van der Waals surface area contributed by atoms with E-state index in [1.54, 1.807) is 0 Å². The van der Waals surface area contributed by atoms with E-state index < -0.39 is 6.09 Å². The number of anilines is 1. The van der Waals surface area contributed by atoms with Crippen molar-refractivity contribution in [2.75, 3.05) is 5.32 Å². The molecule has 0 spiro atoms. The summed E-state index contributed by atoms with van der Waals surface area (Å²) in [5, 5.41) is 12.4. The molecule has 2 saturated carbocycles. The molecule has 2 heterocycles. The van der Waals surface area contributed by atoms with Gasteiger partial charge in [0.15, 0.2) is 23.1 Å². The molecule has 2 aliphatic rings. The van der Waals surface area contributed by atoms with Crippen molar-refractivity contribution >= 4 is 34.5 Å². The number of allylic oxidation sites excluding steroid dienone is 1. The summed E-state index contributed by atoms with van der Waals surface area (Å²) in [5.74, 6) is 2.65. The van der Waals surface area contributed by atoms with Crippen molar-refractivity contribution in [1.82, 2.24) is 19.5 Å². The second kappa shape index (κ2) is 11.4. The normalized spacial score (nSPS) is 18.2. The second-order valence-electron chi connectivity index (χ2n) is 11.4. The molecule has 198 valence electrons. The molecule has 0 radical (unpaired) electrons. The molecule has 0 saturated heterocycles. The van der Waals surface area contributed by atoms with Crippen LogP contribution in [0.5, 0.6) is 0 Å². The third-order valence-electron chi connectivity index (χ3n) is 7.47. The Balaban J connectivity index is 0.000000444. The van der Waals surface area contributed by atoms with Gasteiger partial charge in [0.1, 0.15) is 11.3 Å². The van der Waals surface area contributed by atoms with Gasteiger partial charge in [0.25, 0.3) is 0 Å². The molecule has 36 heavy (non-hydrogen) atoms. The van der Waals surface area contributed by atoms with Gasteiger partial charge < -0.3 is 20.7 Å². The number of hydrogen-bond donors (Lipinski definition) is 3. The first-order chi connectivity index (χ1) is 16.9. The fourth-order valence-corrected chi connectivity index (χ4v) is 4.66. The summed E-state index contributed by atoms with van der Waals surface area (Å²) in [6, 6.07) is 0.205. The minimum absolute atomic E-state index is 0.0363. The highest BCUT2D eigenvalue weighted by molar-refractivity contribution is 6.01. The first-order valence-electron chi connectivity index (χ1n) is 13.2. The molecule has 0 bridgehead atoms. The van der Waals surface area contributed by atoms with Crippen LogP contribution in [0.1, 0.15) is 97.6 Å². The quantitative estimate of drug-likeness (QED) is 0.341. The van der Waals surface area contributed by atoms with Gasteiger partial charge in [0.2, 0.25) is 0 Å². The summed E-state index contributed by atoms with van der Waals surface area (Å²) in [7, 11) is 1.90. The number of nitrogens with one attached hydrogen (secondary N) is 1. The number of amides is 1. The van der Waals surface area contributed by atoms with E-state index >= 15 is 0 Å². The topological polar surface area (TPSA) is 131 Å². The van der Waals surface area contributed by atoms with Crippen LogP contribution in [0.25, 0.3) is 16.7 Å². The Morgan fingerprint density at radius 1 is 1.14 bits per heavy atom. The number of carboxylic acid groups (broad SMARTS) is 1. The maximum atomic E-state index is 10.9. The van der Waals surface area contributed by atoms with E-state index in [1.807, 2.05) is 11.6 Å². The lowest BCUT2D eigenvalue weighted by Gasteiger charge is -2.32. The van der Waals surface area contributed by atoms with Crippen molar-refractivity contribution in [2.45, 2.75) is 92.0 Å². The van der Waals surface area contributed by atoms with Crippen LogP contribution in [0.4, 0.5) is 10.6 Å². The molecule has 0 aromatic carbocycles. The summed E-state index contributed by atoms with van der Waals surface area (Å²) in [6.45, 7) is 14.9. The van der Waals surface area contributed by atoms with Gasteiger partial charge in [0, 0.05) is 13.1 Å². The summed E-state index contributed by atoms with van der Waals surface area (Å²) in [6.07, 6.45) is 9.63. The average Bonchev–Trinajstić information content (AvgIpc) is 3.08. The highest BCUT2D eigenvalue weighted by atomic mass is 16.4. The summed E-state index contributed by atoms with van der Waals surface area (Å²) >= 11 is 0. The van der Waals surface area contributed by atoms with Crippen molar-refractivity contribution in [3.63, 3.8) is 0 Å². The van der Waals surface area contributed by atoms with Crippen molar-refractivity contribution in [3.8, 4) is 0 Å². The standard InChI is InChI=1S/C20H29N7O2.C7H14/c1-10(20(3,4)5)18-26-16-13(27(18)6)15(22-11(2)12-8-7-9-12)24-17(25-16)14(21)23-19(28)29;1-7-5-3-2-4-6-7/h11-12H,1,7-9H2,2-6H3,(H2,21,23)(H,28,29)(H,22,24,25);7H,2-6H2,1H3/t11-;/m1./s1. The third-order valence-corrected chi connectivity index (χ3v) is 7.47. The van der Waals surface area contributed by atoms with Gasteiger partial charge in [-0.1, -0.05) is 72.8 Å². The molecule has 1 atom stereocenters. The summed E-state index contributed by atoms with van der Waals surface area (Å²) in [4.78, 5) is 27.8. The lowest BCUT2D eigenvalue weighted by Crippen LogP contribution is -2.31. The lowest BCUT2D eigenvalue weighted by atomic mass is 9.80. The first kappa shape index (κ1) is 27.6. The van der Waals surface area contributed by atoms with E-state index in [0.717, 1.165) is 17.0 Å². The molecule has 1 amide bonds. The number of nitrogens with zero attached hydrogens (tertiary/aromatic N) is 5. The number of aryl methyl sites for hydroxylation is 1. The highest BCUT2D eigenvalue weighted by Crippen LogP contribution is 2.35. The summed E-state index contributed by atoms with van der Waals surface area (Å²) in [5.41, 5.74) is 7.66. The van der Waals surface area contributed by atoms with Gasteiger partial charge in [-0.15, -0.1) is 0 Å². The number of hydrogen-bond acceptors (Lipinski definition) is 5. The maximum absolute atomic E-state index is 10.9. The molecular weight excluding hydrogens is 454 g/mol. The Labute approximate surface area is 214 Å². The van der Waals surface area contributed by atoms with Crippen LogP contribution in [-0.2, 0) is 7.05 Å². The van der Waals surface area contributed by atoms with Crippen LogP contribution in [0.3, 0.4) is 0 Å². The zero-order valence-corrected chi connectivity index (χ0v) is 22.8. The third kappa shape index (κ3) is 6.62. The zero-order chi connectivity index (χ0) is 26.6. The predicted molar refractivity (Wildman–Crippen MR) is 146 cm³/mol. The number of aliphatic imine (C=N–C) groups is 1. The van der Waals surface area contributed by atoms with Crippen molar-refractivity contribution in [2.24, 2.45) is 35.0 Å². The fraction of sp³-hybridized carbons (Fsp3) is 0.667. The van der Waals surface area contributed by atoms with Crippen LogP contribution >= 0.6 is 0 Å². The molecular formula is C27H43N7O2. The van der Waals surface area contributed by atoms with Gasteiger partial charge in [0.05, 0.1) is 0 Å². The Hall–Kier alpha value is -2.97. The van der Waals surface area contributed by atoms with Crippen LogP contribution in [0, 0.1) is 17.3 Å². The molecule has 4 rings (SSSR count). The van der Waals surface area contributed by atoms with Crippen molar-refractivity contribution in [1.29, 1.82) is 0 Å². The predicted octanol–water partition coefficient (Wildman–Crippen LogP) is 5.99. The number of aromatic nitrogens is 4. The highest BCUT2D eigenvalue weighted by Gasteiger charge is 2.28. The minimum atomic E-state index is -1.40. The molecule has 2 fully saturated rings. The van der Waals surface area contributed by atoms with Crippen LogP contribution in [-0.4, -0.2) is 42.6 Å². The van der Waals surface area contributed by atoms with E-state index in [-0.39, 0.29) is 23.1 Å². The van der Waals surface area contributed by atoms with Gasteiger partial charge in [-0.2, -0.15) is 4.99 Å². The number of nitrogens with two attached hydrogens (primary N) is 1. The zero-order valence-electron chi connectivity index (χ0n) is 22.8. The van der Waals surface area contributed by atoms with Gasteiger partial charge in [-0.25, -0.2) is 19.7 Å². The van der Waals surface area contributed by atoms with E-state index in [2.05, 4.69) is 66.5 Å².